The van der Waals surface area contributed by atoms with Crippen LogP contribution in [0.15, 0.2) is 28.7 Å². The smallest absolute Gasteiger partial charge is 0.433 e. The fraction of sp³-hybridized carbons (Fsp3) is 0.409. The minimum absolute atomic E-state index is 0.0741. The fourth-order valence-electron chi connectivity index (χ4n) is 4.08. The van der Waals surface area contributed by atoms with E-state index < -0.39 is 34.7 Å². The second kappa shape index (κ2) is 9.60. The van der Waals surface area contributed by atoms with E-state index in [1.165, 1.54) is 28.9 Å². The van der Waals surface area contributed by atoms with Crippen molar-refractivity contribution in [1.82, 2.24) is 10.2 Å². The molecule has 2 fully saturated rings. The minimum atomic E-state index is -0.695. The Kier molecular flexibility index (Phi) is 6.58. The molecule has 0 aliphatic carbocycles. The number of anilines is 2. The van der Waals surface area contributed by atoms with Gasteiger partial charge >= 0.3 is 12.0 Å². The summed E-state index contributed by atoms with van der Waals surface area (Å²) in [6.45, 7) is 4.52. The number of carbonyl (C=O) groups is 3. The van der Waals surface area contributed by atoms with Gasteiger partial charge in [0.2, 0.25) is 11.7 Å². The topological polar surface area (TPSA) is 138 Å². The van der Waals surface area contributed by atoms with Crippen molar-refractivity contribution in [2.45, 2.75) is 20.0 Å². The lowest BCUT2D eigenvalue weighted by atomic mass is 10.2. The molecule has 12 nitrogen and oxygen atoms in total. The Morgan fingerprint density at radius 2 is 1.94 bits per heavy atom. The molecule has 35 heavy (non-hydrogen) atoms. The summed E-state index contributed by atoms with van der Waals surface area (Å²) >= 11 is 0. The summed E-state index contributed by atoms with van der Waals surface area (Å²) in [5.74, 6) is -1.78. The van der Waals surface area contributed by atoms with Crippen molar-refractivity contribution in [3.05, 3.63) is 51.5 Å². The highest BCUT2D eigenvalue weighted by Crippen LogP contribution is 2.29. The number of nitrogens with zero attached hydrogens (tertiary/aromatic N) is 4. The second-order valence-electron chi connectivity index (χ2n) is 8.32. The molecule has 0 unspecified atom stereocenters. The second-order valence-corrected chi connectivity index (χ2v) is 8.32. The first kappa shape index (κ1) is 24.0. The lowest BCUT2D eigenvalue weighted by molar-refractivity contribution is -0.402. The Morgan fingerprint density at radius 1 is 1.23 bits per heavy atom. The van der Waals surface area contributed by atoms with Gasteiger partial charge in [-0.25, -0.2) is 9.18 Å². The van der Waals surface area contributed by atoms with Gasteiger partial charge in [-0.3, -0.25) is 24.6 Å². The molecule has 1 aromatic carbocycles. The number of benzene rings is 1. The Balaban J connectivity index is 1.38. The van der Waals surface area contributed by atoms with E-state index in [1.54, 1.807) is 24.0 Å². The number of cyclic esters (lactones) is 1. The number of hydrogen-bond acceptors (Lipinski definition) is 8. The molecule has 1 N–H and O–H groups in total. The van der Waals surface area contributed by atoms with E-state index in [0.29, 0.717) is 30.0 Å². The zero-order valence-electron chi connectivity index (χ0n) is 19.2. The van der Waals surface area contributed by atoms with Gasteiger partial charge in [-0.2, -0.15) is 0 Å². The molecule has 0 radical (unpaired) electrons. The van der Waals surface area contributed by atoms with Gasteiger partial charge in [0.25, 0.3) is 5.91 Å². The predicted molar refractivity (Wildman–Crippen MR) is 121 cm³/mol. The molecule has 2 aliphatic rings. The first-order chi connectivity index (χ1) is 16.6. The molecule has 13 heteroatoms. The zero-order valence-corrected chi connectivity index (χ0v) is 19.2. The Bertz CT molecular complexity index is 1170. The average Bonchev–Trinajstić information content (AvgIpc) is 3.40. The number of rotatable bonds is 6. The Morgan fingerprint density at radius 3 is 2.54 bits per heavy atom. The molecule has 3 amide bonds. The summed E-state index contributed by atoms with van der Waals surface area (Å²) in [6.07, 6.45) is -1.15. The predicted octanol–water partition coefficient (Wildman–Crippen LogP) is 2.06. The van der Waals surface area contributed by atoms with Crippen LogP contribution in [0.3, 0.4) is 0 Å². The molecule has 2 saturated heterocycles. The zero-order chi connectivity index (χ0) is 25.3. The molecule has 1 aromatic heterocycles. The number of amides is 3. The molecular weight excluding hydrogens is 465 g/mol. The van der Waals surface area contributed by atoms with E-state index in [2.05, 4.69) is 5.32 Å². The van der Waals surface area contributed by atoms with E-state index in [-0.39, 0.29) is 37.8 Å². The lowest BCUT2D eigenvalue weighted by Crippen LogP contribution is -2.49. The quantitative estimate of drug-likeness (QED) is 0.481. The van der Waals surface area contributed by atoms with Crippen molar-refractivity contribution in [3.63, 3.8) is 0 Å². The largest absolute Gasteiger partial charge is 0.442 e. The maximum Gasteiger partial charge on any atom is 0.433 e. The molecule has 2 aromatic rings. The first-order valence-corrected chi connectivity index (χ1v) is 10.9. The highest BCUT2D eigenvalue weighted by Gasteiger charge is 2.33. The minimum Gasteiger partial charge on any atom is -0.442 e. The number of nitro groups is 1. The summed E-state index contributed by atoms with van der Waals surface area (Å²) in [4.78, 5) is 50.8. The average molecular weight is 489 g/mol. The van der Waals surface area contributed by atoms with Gasteiger partial charge in [0.1, 0.15) is 16.8 Å². The number of furan rings is 1. The SMILES string of the molecule is CC(=O)NC[C@H]1CN(c2ccc(N3CCN(C(=O)c4oc([N+](=O)[O-])cc4C)CC3)c(F)c2)C(=O)O1. The number of piperazine rings is 1. The van der Waals surface area contributed by atoms with Crippen LogP contribution in [-0.2, 0) is 9.53 Å². The van der Waals surface area contributed by atoms with Crippen molar-refractivity contribution in [2.24, 2.45) is 0 Å². The van der Waals surface area contributed by atoms with Crippen molar-refractivity contribution in [3.8, 4) is 0 Å². The van der Waals surface area contributed by atoms with Crippen LogP contribution in [0.25, 0.3) is 0 Å². The van der Waals surface area contributed by atoms with Gasteiger partial charge in [0.15, 0.2) is 0 Å². The summed E-state index contributed by atoms with van der Waals surface area (Å²) in [6, 6.07) is 5.64. The van der Waals surface area contributed by atoms with E-state index in [4.69, 9.17) is 9.15 Å². The normalized spacial score (nSPS) is 18.0. The van der Waals surface area contributed by atoms with Crippen LogP contribution in [0, 0.1) is 22.9 Å². The molecule has 4 rings (SSSR count). The first-order valence-electron chi connectivity index (χ1n) is 10.9. The van der Waals surface area contributed by atoms with Crippen LogP contribution in [-0.4, -0.2) is 73.1 Å². The van der Waals surface area contributed by atoms with Gasteiger partial charge in [-0.1, -0.05) is 0 Å². The van der Waals surface area contributed by atoms with Crippen molar-refractivity contribution >= 4 is 35.2 Å². The maximum absolute atomic E-state index is 15.0. The van der Waals surface area contributed by atoms with Crippen LogP contribution < -0.4 is 15.1 Å². The van der Waals surface area contributed by atoms with Crippen molar-refractivity contribution < 1.29 is 32.9 Å². The molecule has 2 aliphatic heterocycles. The highest BCUT2D eigenvalue weighted by molar-refractivity contribution is 5.93. The van der Waals surface area contributed by atoms with Gasteiger partial charge < -0.3 is 24.3 Å². The number of nitrogens with one attached hydrogen (secondary N) is 1. The molecule has 0 bridgehead atoms. The number of ether oxygens (including phenoxy) is 1. The summed E-state index contributed by atoms with van der Waals surface area (Å²) in [5, 5.41) is 13.5. The third-order valence-electron chi connectivity index (χ3n) is 5.88. The molecule has 3 heterocycles. The summed E-state index contributed by atoms with van der Waals surface area (Å²) in [5.41, 5.74) is 1.05. The maximum atomic E-state index is 15.0. The summed E-state index contributed by atoms with van der Waals surface area (Å²) in [7, 11) is 0. The fourth-order valence-corrected chi connectivity index (χ4v) is 4.08. The standard InChI is InChI=1S/C22H24FN5O7/c1-13-9-19(28(32)33)35-20(13)21(30)26-7-5-25(6-8-26)18-4-3-15(10-17(18)23)27-12-16(34-22(27)31)11-24-14(2)29/h3-4,9-10,16H,5-8,11-12H2,1-2H3,(H,24,29)/t16-/m0/s1. The van der Waals surface area contributed by atoms with E-state index in [0.717, 1.165) is 0 Å². The van der Waals surface area contributed by atoms with Crippen LogP contribution in [0.2, 0.25) is 0 Å². The third kappa shape index (κ3) is 5.03. The molecule has 1 atom stereocenters. The number of hydrogen-bond donors (Lipinski definition) is 1. The van der Waals surface area contributed by atoms with E-state index in [9.17, 15) is 28.9 Å². The highest BCUT2D eigenvalue weighted by atomic mass is 19.1. The van der Waals surface area contributed by atoms with Crippen molar-refractivity contribution in [2.75, 3.05) is 49.1 Å². The number of halogens is 1. The molecule has 0 saturated carbocycles. The molecule has 186 valence electrons. The van der Waals surface area contributed by atoms with Gasteiger partial charge in [-0.15, -0.1) is 0 Å². The third-order valence-corrected chi connectivity index (χ3v) is 5.88. The van der Waals surface area contributed by atoms with Crippen molar-refractivity contribution in [1.29, 1.82) is 0 Å². The Hall–Kier alpha value is -4.16. The van der Waals surface area contributed by atoms with Crippen LogP contribution in [0.1, 0.15) is 23.0 Å². The van der Waals surface area contributed by atoms with Gasteiger partial charge in [0, 0.05) is 38.7 Å². The van der Waals surface area contributed by atoms with Crippen LogP contribution in [0.4, 0.5) is 26.4 Å². The van der Waals surface area contributed by atoms with E-state index in [1.807, 2.05) is 0 Å². The Labute approximate surface area is 199 Å². The molecule has 0 spiro atoms. The number of aryl methyl sites for hydroxylation is 1. The van der Waals surface area contributed by atoms with Crippen LogP contribution >= 0.6 is 0 Å². The number of carbonyl (C=O) groups excluding carboxylic acids is 3. The van der Waals surface area contributed by atoms with Gasteiger partial charge in [-0.05, 0) is 25.1 Å². The lowest BCUT2D eigenvalue weighted by Gasteiger charge is -2.36. The van der Waals surface area contributed by atoms with Gasteiger partial charge in [0.05, 0.1) is 30.5 Å². The van der Waals surface area contributed by atoms with Crippen LogP contribution in [0.5, 0.6) is 0 Å². The van der Waals surface area contributed by atoms with E-state index >= 15 is 0 Å². The summed E-state index contributed by atoms with van der Waals surface area (Å²) < 4.78 is 25.3. The molecular formula is C22H24FN5O7. The monoisotopic (exact) mass is 489 g/mol.